The van der Waals surface area contributed by atoms with Crippen molar-refractivity contribution in [3.8, 4) is 0 Å². The van der Waals surface area contributed by atoms with E-state index < -0.39 is 12.3 Å². The van der Waals surface area contributed by atoms with Crippen LogP contribution in [0.4, 0.5) is 10.6 Å². The monoisotopic (exact) mass is 476 g/mol. The largest absolute Gasteiger partial charge is 0.420 e. The van der Waals surface area contributed by atoms with Crippen molar-refractivity contribution < 1.29 is 14.3 Å². The Kier molecular flexibility index (Phi) is 5.76. The first-order valence-electron chi connectivity index (χ1n) is 10.0. The molecular formula is C21H21ClN4O3S2. The highest BCUT2D eigenvalue weighted by molar-refractivity contribution is 8.10. The first kappa shape index (κ1) is 20.9. The zero-order valence-corrected chi connectivity index (χ0v) is 19.3. The maximum Gasteiger partial charge on any atom is 0.412 e. The van der Waals surface area contributed by atoms with Crippen LogP contribution in [0.2, 0.25) is 5.02 Å². The summed E-state index contributed by atoms with van der Waals surface area (Å²) in [6.45, 7) is 2.81. The van der Waals surface area contributed by atoms with Crippen LogP contribution in [0.15, 0.2) is 40.1 Å². The van der Waals surface area contributed by atoms with Gasteiger partial charge in [-0.25, -0.2) is 14.7 Å². The summed E-state index contributed by atoms with van der Waals surface area (Å²) in [6.07, 6.45) is -1.19. The van der Waals surface area contributed by atoms with Crippen molar-refractivity contribution in [1.82, 2.24) is 14.8 Å². The standard InChI is InChI=1S/C21H21ClN4O3S2/c1-24-6-8-25(9-7-24)21(28)29-20-18-17(30-10-11-31-18)19(27)26(20)16-5-3-13-2-4-14(22)12-15(13)23-16/h2-5,12,20H,6-11H2,1H3. The maximum absolute atomic E-state index is 13.3. The molecule has 31 heavy (non-hydrogen) atoms. The summed E-state index contributed by atoms with van der Waals surface area (Å²) in [7, 11) is 2.03. The number of aromatic nitrogens is 1. The van der Waals surface area contributed by atoms with Crippen LogP contribution in [0.1, 0.15) is 0 Å². The molecular weight excluding hydrogens is 456 g/mol. The number of halogens is 1. The van der Waals surface area contributed by atoms with E-state index in [1.807, 2.05) is 19.2 Å². The van der Waals surface area contributed by atoms with Crippen LogP contribution in [0, 0.1) is 0 Å². The lowest BCUT2D eigenvalue weighted by molar-refractivity contribution is -0.115. The minimum Gasteiger partial charge on any atom is -0.420 e. The first-order valence-corrected chi connectivity index (χ1v) is 12.4. The number of fused-ring (bicyclic) bond motifs is 1. The number of pyridine rings is 1. The third kappa shape index (κ3) is 4.00. The van der Waals surface area contributed by atoms with Crippen LogP contribution in [-0.4, -0.2) is 77.7 Å². The summed E-state index contributed by atoms with van der Waals surface area (Å²) >= 11 is 9.24. The lowest BCUT2D eigenvalue weighted by atomic mass is 10.2. The van der Waals surface area contributed by atoms with Gasteiger partial charge in [0.05, 0.1) is 15.3 Å². The van der Waals surface area contributed by atoms with Crippen molar-refractivity contribution in [2.45, 2.75) is 6.23 Å². The van der Waals surface area contributed by atoms with Crippen LogP contribution >= 0.6 is 35.1 Å². The highest BCUT2D eigenvalue weighted by Crippen LogP contribution is 2.45. The van der Waals surface area contributed by atoms with Gasteiger partial charge in [-0.3, -0.25) is 4.79 Å². The van der Waals surface area contributed by atoms with Gasteiger partial charge in [0.2, 0.25) is 6.23 Å². The van der Waals surface area contributed by atoms with E-state index in [9.17, 15) is 9.59 Å². The lowest BCUT2D eigenvalue weighted by Crippen LogP contribution is -2.49. The van der Waals surface area contributed by atoms with Gasteiger partial charge >= 0.3 is 6.09 Å². The molecule has 0 bridgehead atoms. The molecule has 0 spiro atoms. The average Bonchev–Trinajstić information content (AvgIpc) is 3.05. The summed E-state index contributed by atoms with van der Waals surface area (Å²) in [5.41, 5.74) is 0.687. The van der Waals surface area contributed by atoms with Gasteiger partial charge in [0.15, 0.2) is 0 Å². The molecule has 1 aromatic heterocycles. The highest BCUT2D eigenvalue weighted by Gasteiger charge is 2.45. The van der Waals surface area contributed by atoms with Gasteiger partial charge in [-0.1, -0.05) is 17.7 Å². The molecule has 3 aliphatic rings. The summed E-state index contributed by atoms with van der Waals surface area (Å²) in [6, 6.07) is 9.15. The molecule has 1 unspecified atom stereocenters. The summed E-state index contributed by atoms with van der Waals surface area (Å²) < 4.78 is 5.94. The fraction of sp³-hybridized carbons (Fsp3) is 0.381. The van der Waals surface area contributed by atoms with Crippen molar-refractivity contribution in [2.75, 3.05) is 49.6 Å². The normalized spacial score (nSPS) is 22.3. The number of thioether (sulfide) groups is 2. The average molecular weight is 477 g/mol. The minimum atomic E-state index is -0.795. The van der Waals surface area contributed by atoms with Crippen LogP contribution in [-0.2, 0) is 9.53 Å². The second-order valence-electron chi connectivity index (χ2n) is 7.60. The lowest BCUT2D eigenvalue weighted by Gasteiger charge is -2.34. The van der Waals surface area contributed by atoms with Gasteiger partial charge in [-0.15, -0.1) is 23.5 Å². The number of anilines is 1. The maximum atomic E-state index is 13.3. The van der Waals surface area contributed by atoms with Crippen molar-refractivity contribution in [1.29, 1.82) is 0 Å². The van der Waals surface area contributed by atoms with Crippen molar-refractivity contribution in [3.63, 3.8) is 0 Å². The molecule has 1 atom stereocenters. The SMILES string of the molecule is CN1CCN(C(=O)OC2C3=C(SCCS3)C(=O)N2c2ccc3ccc(Cl)cc3n2)CC1. The third-order valence-electron chi connectivity index (χ3n) is 5.54. The molecule has 3 aliphatic heterocycles. The van der Waals surface area contributed by atoms with E-state index in [-0.39, 0.29) is 5.91 Å². The fourth-order valence-electron chi connectivity index (χ4n) is 3.82. The molecule has 2 aromatic rings. The predicted octanol–water partition coefficient (Wildman–Crippen LogP) is 3.64. The number of carbonyl (C=O) groups excluding carboxylic acids is 2. The van der Waals surface area contributed by atoms with Gasteiger partial charge < -0.3 is 14.5 Å². The number of piperazine rings is 1. The Morgan fingerprint density at radius 3 is 2.68 bits per heavy atom. The first-order chi connectivity index (χ1) is 15.0. The van der Waals surface area contributed by atoms with Gasteiger partial charge in [0, 0.05) is 48.1 Å². The molecule has 5 rings (SSSR count). The van der Waals surface area contributed by atoms with Crippen LogP contribution in [0.3, 0.4) is 0 Å². The number of amides is 2. The molecule has 0 aliphatic carbocycles. The zero-order valence-electron chi connectivity index (χ0n) is 16.9. The Bertz CT molecular complexity index is 1090. The van der Waals surface area contributed by atoms with E-state index >= 15 is 0 Å². The van der Waals surface area contributed by atoms with E-state index in [4.69, 9.17) is 16.3 Å². The van der Waals surface area contributed by atoms with Crippen LogP contribution in [0.25, 0.3) is 10.9 Å². The number of likely N-dealkylation sites (N-methyl/N-ethyl adjacent to an activating group) is 1. The highest BCUT2D eigenvalue weighted by atomic mass is 35.5. The Labute approximate surface area is 193 Å². The Morgan fingerprint density at radius 1 is 1.13 bits per heavy atom. The summed E-state index contributed by atoms with van der Waals surface area (Å²) in [5.74, 6) is 2.00. The van der Waals surface area contributed by atoms with Gasteiger partial charge in [0.25, 0.3) is 5.91 Å². The summed E-state index contributed by atoms with van der Waals surface area (Å²) in [4.78, 5) is 37.8. The molecule has 162 valence electrons. The Balaban J connectivity index is 1.47. The zero-order chi connectivity index (χ0) is 21.5. The van der Waals surface area contributed by atoms with Gasteiger partial charge in [-0.05, 0) is 31.3 Å². The number of hydrogen-bond acceptors (Lipinski definition) is 7. The third-order valence-corrected chi connectivity index (χ3v) is 8.38. The van der Waals surface area contributed by atoms with E-state index in [0.717, 1.165) is 34.9 Å². The van der Waals surface area contributed by atoms with E-state index in [1.165, 1.54) is 16.7 Å². The minimum absolute atomic E-state index is 0.169. The molecule has 2 amide bonds. The number of ether oxygens (including phenoxy) is 1. The van der Waals surface area contributed by atoms with E-state index in [2.05, 4.69) is 9.88 Å². The number of rotatable bonds is 2. The molecule has 1 fully saturated rings. The fourth-order valence-corrected chi connectivity index (χ4v) is 6.41. The number of nitrogens with zero attached hydrogens (tertiary/aromatic N) is 4. The molecule has 0 N–H and O–H groups in total. The van der Waals surface area contributed by atoms with Crippen LogP contribution < -0.4 is 4.90 Å². The smallest absolute Gasteiger partial charge is 0.412 e. The number of hydrogen-bond donors (Lipinski definition) is 0. The molecule has 1 saturated heterocycles. The quantitative estimate of drug-likeness (QED) is 0.655. The van der Waals surface area contributed by atoms with Gasteiger partial charge in [-0.2, -0.15) is 0 Å². The molecule has 4 heterocycles. The predicted molar refractivity (Wildman–Crippen MR) is 126 cm³/mol. The Morgan fingerprint density at radius 2 is 1.87 bits per heavy atom. The second kappa shape index (κ2) is 8.54. The van der Waals surface area contributed by atoms with Crippen molar-refractivity contribution >= 4 is 63.8 Å². The van der Waals surface area contributed by atoms with E-state index in [1.54, 1.807) is 34.9 Å². The van der Waals surface area contributed by atoms with E-state index in [0.29, 0.717) is 34.4 Å². The molecule has 10 heteroatoms. The number of benzene rings is 1. The van der Waals surface area contributed by atoms with Gasteiger partial charge in [0.1, 0.15) is 5.82 Å². The molecule has 7 nitrogen and oxygen atoms in total. The number of carbonyl (C=O) groups is 2. The topological polar surface area (TPSA) is 66.0 Å². The Hall–Kier alpha value is -1.94. The summed E-state index contributed by atoms with van der Waals surface area (Å²) in [5, 5.41) is 1.50. The molecule has 0 saturated carbocycles. The van der Waals surface area contributed by atoms with Crippen molar-refractivity contribution in [2.24, 2.45) is 0 Å². The van der Waals surface area contributed by atoms with Crippen molar-refractivity contribution in [3.05, 3.63) is 45.2 Å². The molecule has 0 radical (unpaired) electrons. The second-order valence-corrected chi connectivity index (χ2v) is 10.3. The van der Waals surface area contributed by atoms with Crippen LogP contribution in [0.5, 0.6) is 0 Å². The molecule has 1 aromatic carbocycles.